The molecule has 0 aliphatic heterocycles. The van der Waals surface area contributed by atoms with Crippen LogP contribution < -0.4 is 5.32 Å². The van der Waals surface area contributed by atoms with Gasteiger partial charge in [0.15, 0.2) is 5.82 Å². The van der Waals surface area contributed by atoms with E-state index in [-0.39, 0.29) is 11.4 Å². The Labute approximate surface area is 123 Å². The Balaban J connectivity index is 2.35. The van der Waals surface area contributed by atoms with Gasteiger partial charge in [-0.3, -0.25) is 0 Å². The van der Waals surface area contributed by atoms with Gasteiger partial charge in [-0.15, -0.1) is 0 Å². The summed E-state index contributed by atoms with van der Waals surface area (Å²) in [4.78, 5) is 4.00. The fourth-order valence-electron chi connectivity index (χ4n) is 1.64. The second-order valence-corrected chi connectivity index (χ2v) is 5.64. The monoisotopic (exact) mass is 319 g/mol. The molecule has 8 heteroatoms. The summed E-state index contributed by atoms with van der Waals surface area (Å²) in [5, 5.41) is 3.39. The Bertz CT molecular complexity index is 622. The molecule has 0 saturated carbocycles. The lowest BCUT2D eigenvalue weighted by Gasteiger charge is -2.10. The zero-order valence-electron chi connectivity index (χ0n) is 11.3. The Morgan fingerprint density at radius 1 is 1.29 bits per heavy atom. The predicted molar refractivity (Wildman–Crippen MR) is 73.6 cm³/mol. The highest BCUT2D eigenvalue weighted by molar-refractivity contribution is 7.09. The first kappa shape index (κ1) is 15.7. The van der Waals surface area contributed by atoms with E-state index in [0.29, 0.717) is 23.7 Å². The summed E-state index contributed by atoms with van der Waals surface area (Å²) >= 11 is 0.950. The van der Waals surface area contributed by atoms with Gasteiger partial charge in [-0.05, 0) is 24.1 Å². The topological polar surface area (TPSA) is 37.8 Å². The SMILES string of the molecule is CC(C)CNc1nc(-c2cc(F)ccc2C(F)(F)F)ns1. The number of nitrogens with one attached hydrogen (secondary N) is 1. The molecule has 0 bridgehead atoms. The molecule has 0 unspecified atom stereocenters. The molecule has 2 aromatic rings. The van der Waals surface area contributed by atoms with Gasteiger partial charge in [-0.2, -0.15) is 22.5 Å². The van der Waals surface area contributed by atoms with Crippen LogP contribution in [0.2, 0.25) is 0 Å². The van der Waals surface area contributed by atoms with Crippen molar-refractivity contribution in [3.8, 4) is 11.4 Å². The van der Waals surface area contributed by atoms with Crippen LogP contribution in [0.15, 0.2) is 18.2 Å². The smallest absolute Gasteiger partial charge is 0.360 e. The number of nitrogens with zero attached hydrogens (tertiary/aromatic N) is 2. The van der Waals surface area contributed by atoms with E-state index >= 15 is 0 Å². The van der Waals surface area contributed by atoms with Gasteiger partial charge < -0.3 is 5.32 Å². The highest BCUT2D eigenvalue weighted by Gasteiger charge is 2.34. The van der Waals surface area contributed by atoms with Crippen LogP contribution in [0, 0.1) is 11.7 Å². The first-order chi connectivity index (χ1) is 9.77. The van der Waals surface area contributed by atoms with Crippen molar-refractivity contribution in [3.63, 3.8) is 0 Å². The average molecular weight is 319 g/mol. The molecule has 3 nitrogen and oxygen atoms in total. The minimum absolute atomic E-state index is 0.127. The molecule has 0 fully saturated rings. The van der Waals surface area contributed by atoms with Gasteiger partial charge in [-0.1, -0.05) is 13.8 Å². The summed E-state index contributed by atoms with van der Waals surface area (Å²) in [6.07, 6.45) is -4.58. The highest BCUT2D eigenvalue weighted by Crippen LogP contribution is 2.37. The Morgan fingerprint density at radius 2 is 2.00 bits per heavy atom. The third kappa shape index (κ3) is 3.90. The predicted octanol–water partition coefficient (Wildman–Crippen LogP) is 4.43. The van der Waals surface area contributed by atoms with Crippen molar-refractivity contribution in [2.45, 2.75) is 20.0 Å². The van der Waals surface area contributed by atoms with Crippen LogP contribution in [0.3, 0.4) is 0 Å². The van der Waals surface area contributed by atoms with Crippen LogP contribution in [0.4, 0.5) is 22.7 Å². The van der Waals surface area contributed by atoms with Crippen LogP contribution in [0.5, 0.6) is 0 Å². The number of benzene rings is 1. The largest absolute Gasteiger partial charge is 0.417 e. The molecule has 0 saturated heterocycles. The van der Waals surface area contributed by atoms with Crippen molar-refractivity contribution in [2.24, 2.45) is 5.92 Å². The molecular weight excluding hydrogens is 306 g/mol. The summed E-state index contributed by atoms with van der Waals surface area (Å²) in [5.74, 6) is -0.528. The Hall–Kier alpha value is -1.70. The number of hydrogen-bond acceptors (Lipinski definition) is 4. The van der Waals surface area contributed by atoms with E-state index in [1.807, 2.05) is 13.8 Å². The maximum atomic E-state index is 13.2. The summed E-state index contributed by atoms with van der Waals surface area (Å²) in [6, 6.07) is 2.28. The standard InChI is InChI=1S/C13H13F4N3S/c1-7(2)6-18-12-19-11(20-21-12)9-5-8(14)3-4-10(9)13(15,16)17/h3-5,7H,6H2,1-2H3,(H,18,19,20). The maximum absolute atomic E-state index is 13.2. The van der Waals surface area contributed by atoms with E-state index in [2.05, 4.69) is 14.7 Å². The number of anilines is 1. The van der Waals surface area contributed by atoms with E-state index in [4.69, 9.17) is 0 Å². The molecule has 1 aromatic heterocycles. The lowest BCUT2D eigenvalue weighted by molar-refractivity contribution is -0.137. The second-order valence-electron chi connectivity index (χ2n) is 4.89. The van der Waals surface area contributed by atoms with Crippen molar-refractivity contribution in [2.75, 3.05) is 11.9 Å². The van der Waals surface area contributed by atoms with E-state index in [9.17, 15) is 17.6 Å². The molecule has 1 N–H and O–H groups in total. The average Bonchev–Trinajstić information content (AvgIpc) is 2.83. The van der Waals surface area contributed by atoms with Crippen molar-refractivity contribution in [3.05, 3.63) is 29.6 Å². The van der Waals surface area contributed by atoms with Crippen molar-refractivity contribution in [1.29, 1.82) is 0 Å². The molecule has 0 spiro atoms. The van der Waals surface area contributed by atoms with Crippen LogP contribution in [0.25, 0.3) is 11.4 Å². The maximum Gasteiger partial charge on any atom is 0.417 e. The number of halogens is 4. The Morgan fingerprint density at radius 3 is 2.62 bits per heavy atom. The zero-order chi connectivity index (χ0) is 15.6. The molecule has 2 rings (SSSR count). The summed E-state index contributed by atoms with van der Waals surface area (Å²) in [7, 11) is 0. The molecular formula is C13H13F4N3S. The second kappa shape index (κ2) is 5.97. The molecule has 0 aliphatic carbocycles. The van der Waals surface area contributed by atoms with Crippen molar-refractivity contribution >= 4 is 16.7 Å². The third-order valence-corrected chi connectivity index (χ3v) is 3.29. The quantitative estimate of drug-likeness (QED) is 0.847. The van der Waals surface area contributed by atoms with Crippen LogP contribution in [-0.2, 0) is 6.18 Å². The molecule has 1 heterocycles. The van der Waals surface area contributed by atoms with Crippen LogP contribution >= 0.6 is 11.5 Å². The number of alkyl halides is 3. The van der Waals surface area contributed by atoms with Crippen LogP contribution in [0.1, 0.15) is 19.4 Å². The Kier molecular flexibility index (Phi) is 4.46. The van der Waals surface area contributed by atoms with E-state index < -0.39 is 17.6 Å². The van der Waals surface area contributed by atoms with Gasteiger partial charge >= 0.3 is 6.18 Å². The molecule has 0 atom stereocenters. The zero-order valence-corrected chi connectivity index (χ0v) is 12.1. The fraction of sp³-hybridized carbons (Fsp3) is 0.385. The lowest BCUT2D eigenvalue weighted by Crippen LogP contribution is -2.09. The first-order valence-corrected chi connectivity index (χ1v) is 6.99. The van der Waals surface area contributed by atoms with Crippen molar-refractivity contribution in [1.82, 2.24) is 9.36 Å². The van der Waals surface area contributed by atoms with E-state index in [1.54, 1.807) is 0 Å². The van der Waals surface area contributed by atoms with E-state index in [0.717, 1.165) is 23.7 Å². The normalized spacial score (nSPS) is 12.0. The fourth-order valence-corrected chi connectivity index (χ4v) is 2.23. The van der Waals surface area contributed by atoms with Crippen LogP contribution in [-0.4, -0.2) is 15.9 Å². The molecule has 0 radical (unpaired) electrons. The number of rotatable bonds is 4. The molecule has 21 heavy (non-hydrogen) atoms. The van der Waals surface area contributed by atoms with Gasteiger partial charge in [0.25, 0.3) is 0 Å². The lowest BCUT2D eigenvalue weighted by atomic mass is 10.1. The van der Waals surface area contributed by atoms with Gasteiger partial charge in [0.2, 0.25) is 5.13 Å². The minimum atomic E-state index is -4.58. The summed E-state index contributed by atoms with van der Waals surface area (Å²) in [6.45, 7) is 4.61. The van der Waals surface area contributed by atoms with Gasteiger partial charge in [0.05, 0.1) is 5.56 Å². The van der Waals surface area contributed by atoms with E-state index in [1.165, 1.54) is 0 Å². The number of aromatic nitrogens is 2. The minimum Gasteiger partial charge on any atom is -0.360 e. The number of hydrogen-bond donors (Lipinski definition) is 1. The molecule has 1 aromatic carbocycles. The molecule has 0 amide bonds. The third-order valence-electron chi connectivity index (χ3n) is 2.62. The van der Waals surface area contributed by atoms with Crippen molar-refractivity contribution < 1.29 is 17.6 Å². The molecule has 114 valence electrons. The first-order valence-electron chi connectivity index (χ1n) is 6.22. The highest BCUT2D eigenvalue weighted by atomic mass is 32.1. The van der Waals surface area contributed by atoms with Gasteiger partial charge in [-0.25, -0.2) is 4.39 Å². The van der Waals surface area contributed by atoms with Gasteiger partial charge in [0.1, 0.15) is 5.82 Å². The summed E-state index contributed by atoms with van der Waals surface area (Å²) < 4.78 is 55.9. The summed E-state index contributed by atoms with van der Waals surface area (Å²) in [5.41, 5.74) is -1.30. The van der Waals surface area contributed by atoms with Gasteiger partial charge in [0, 0.05) is 23.6 Å². The molecule has 0 aliphatic rings.